The first-order chi connectivity index (χ1) is 11.3. The van der Waals surface area contributed by atoms with Crippen molar-refractivity contribution in [1.82, 2.24) is 5.32 Å². The van der Waals surface area contributed by atoms with Crippen molar-refractivity contribution in [2.75, 3.05) is 18.5 Å². The van der Waals surface area contributed by atoms with Crippen LogP contribution in [0.25, 0.3) is 0 Å². The summed E-state index contributed by atoms with van der Waals surface area (Å²) in [4.78, 5) is 0. The number of benzene rings is 1. The van der Waals surface area contributed by atoms with Crippen LogP contribution < -0.4 is 15.4 Å². The number of hydrogen-bond donors (Lipinski definition) is 2. The number of rotatable bonds is 12. The third kappa shape index (κ3) is 10.2. The van der Waals surface area contributed by atoms with Gasteiger partial charge in [-0.1, -0.05) is 51.9 Å². The smallest absolute Gasteiger partial charge is 0.170 e. The second kappa shape index (κ2) is 13.2. The molecular formula is C19H32N2OS. The van der Waals surface area contributed by atoms with Crippen LogP contribution in [0.2, 0.25) is 0 Å². The fraction of sp³-hybridized carbons (Fsp3) is 0.632. The van der Waals surface area contributed by atoms with Gasteiger partial charge < -0.3 is 15.4 Å². The molecule has 0 bridgehead atoms. The highest BCUT2D eigenvalue weighted by Gasteiger charge is 1.98. The van der Waals surface area contributed by atoms with Crippen molar-refractivity contribution in [2.24, 2.45) is 0 Å². The van der Waals surface area contributed by atoms with Crippen LogP contribution in [-0.2, 0) is 0 Å². The van der Waals surface area contributed by atoms with Gasteiger partial charge >= 0.3 is 0 Å². The molecule has 0 radical (unpaired) electrons. The molecule has 0 fully saturated rings. The Morgan fingerprint density at radius 1 is 0.913 bits per heavy atom. The summed E-state index contributed by atoms with van der Waals surface area (Å²) >= 11 is 5.32. The van der Waals surface area contributed by atoms with Crippen molar-refractivity contribution in [2.45, 2.75) is 65.2 Å². The molecule has 0 aliphatic heterocycles. The lowest BCUT2D eigenvalue weighted by atomic mass is 10.1. The van der Waals surface area contributed by atoms with Crippen LogP contribution in [0.4, 0.5) is 5.69 Å². The Kier molecular flexibility index (Phi) is 11.3. The number of thiocarbonyl (C=S) groups is 1. The Bertz CT molecular complexity index is 420. The number of hydrogen-bond acceptors (Lipinski definition) is 2. The van der Waals surface area contributed by atoms with Gasteiger partial charge in [0.1, 0.15) is 5.75 Å². The van der Waals surface area contributed by atoms with E-state index in [1.165, 1.54) is 51.4 Å². The van der Waals surface area contributed by atoms with Crippen LogP contribution in [0.5, 0.6) is 5.75 Å². The Labute approximate surface area is 147 Å². The lowest BCUT2D eigenvalue weighted by Gasteiger charge is -2.11. The van der Waals surface area contributed by atoms with Gasteiger partial charge in [-0.05, 0) is 49.8 Å². The van der Waals surface area contributed by atoms with Gasteiger partial charge in [0.2, 0.25) is 0 Å². The molecule has 1 rings (SSSR count). The lowest BCUT2D eigenvalue weighted by Crippen LogP contribution is -2.29. The first-order valence-corrected chi connectivity index (χ1v) is 9.44. The van der Waals surface area contributed by atoms with E-state index < -0.39 is 0 Å². The summed E-state index contributed by atoms with van der Waals surface area (Å²) in [5, 5.41) is 7.16. The van der Waals surface area contributed by atoms with E-state index >= 15 is 0 Å². The van der Waals surface area contributed by atoms with Gasteiger partial charge in [0, 0.05) is 12.2 Å². The topological polar surface area (TPSA) is 33.3 Å². The molecule has 0 heterocycles. The van der Waals surface area contributed by atoms with Gasteiger partial charge in [0.25, 0.3) is 0 Å². The van der Waals surface area contributed by atoms with Crippen LogP contribution in [0.1, 0.15) is 65.2 Å². The zero-order valence-corrected chi connectivity index (χ0v) is 15.5. The number of anilines is 1. The number of nitrogens with one attached hydrogen (secondary N) is 2. The third-order valence-corrected chi connectivity index (χ3v) is 3.99. The molecule has 0 amide bonds. The van der Waals surface area contributed by atoms with E-state index in [0.29, 0.717) is 11.7 Å². The quantitative estimate of drug-likeness (QED) is 0.389. The molecule has 0 aromatic heterocycles. The van der Waals surface area contributed by atoms with Crippen LogP contribution in [0, 0.1) is 0 Å². The molecule has 3 nitrogen and oxygen atoms in total. The summed E-state index contributed by atoms with van der Waals surface area (Å²) in [6, 6.07) is 7.87. The molecular weight excluding hydrogens is 304 g/mol. The summed E-state index contributed by atoms with van der Waals surface area (Å²) in [6.07, 6.45) is 10.7. The van der Waals surface area contributed by atoms with Crippen LogP contribution in [-0.4, -0.2) is 18.3 Å². The molecule has 0 unspecified atom stereocenters. The summed E-state index contributed by atoms with van der Waals surface area (Å²) in [6.45, 7) is 5.87. The minimum atomic E-state index is 0.686. The Balaban J connectivity index is 2.03. The largest absolute Gasteiger partial charge is 0.494 e. The van der Waals surface area contributed by atoms with E-state index in [1.54, 1.807) is 0 Å². The van der Waals surface area contributed by atoms with Crippen molar-refractivity contribution in [3.8, 4) is 5.75 Å². The van der Waals surface area contributed by atoms with E-state index in [1.807, 2.05) is 31.2 Å². The summed E-state index contributed by atoms with van der Waals surface area (Å²) in [7, 11) is 0. The number of unbranched alkanes of at least 4 members (excludes halogenated alkanes) is 7. The summed E-state index contributed by atoms with van der Waals surface area (Å²) in [5.41, 5.74) is 0.988. The van der Waals surface area contributed by atoms with Gasteiger partial charge in [0.05, 0.1) is 6.61 Å². The van der Waals surface area contributed by atoms with Crippen molar-refractivity contribution in [3.05, 3.63) is 24.3 Å². The number of ether oxygens (including phenoxy) is 1. The Morgan fingerprint density at radius 3 is 2.13 bits per heavy atom. The standard InChI is InChI=1S/C19H32N2OS/c1-3-5-6-7-8-9-10-11-16-20-19(23)21-17-12-14-18(15-13-17)22-4-2/h12-15H,3-11,16H2,1-2H3,(H2,20,21,23). The molecule has 1 aromatic carbocycles. The summed E-state index contributed by atoms with van der Waals surface area (Å²) in [5.74, 6) is 0.885. The van der Waals surface area contributed by atoms with E-state index in [2.05, 4.69) is 17.6 Å². The molecule has 23 heavy (non-hydrogen) atoms. The predicted molar refractivity (Wildman–Crippen MR) is 104 cm³/mol. The van der Waals surface area contributed by atoms with Gasteiger partial charge in [-0.3, -0.25) is 0 Å². The fourth-order valence-corrected chi connectivity index (χ4v) is 2.66. The first kappa shape index (κ1) is 19.8. The van der Waals surface area contributed by atoms with Crippen LogP contribution >= 0.6 is 12.2 Å². The maximum absolute atomic E-state index is 5.42. The zero-order valence-electron chi connectivity index (χ0n) is 14.7. The first-order valence-electron chi connectivity index (χ1n) is 9.04. The minimum Gasteiger partial charge on any atom is -0.494 e. The molecule has 1 aromatic rings. The maximum atomic E-state index is 5.42. The van der Waals surface area contributed by atoms with E-state index in [4.69, 9.17) is 17.0 Å². The molecule has 0 saturated heterocycles. The fourth-order valence-electron chi connectivity index (χ4n) is 2.44. The van der Waals surface area contributed by atoms with Crippen molar-refractivity contribution >= 4 is 23.0 Å². The van der Waals surface area contributed by atoms with Crippen LogP contribution in [0.15, 0.2) is 24.3 Å². The SMILES string of the molecule is CCCCCCCCCCNC(=S)Nc1ccc(OCC)cc1. The molecule has 0 saturated carbocycles. The lowest BCUT2D eigenvalue weighted by molar-refractivity contribution is 0.340. The van der Waals surface area contributed by atoms with Gasteiger partial charge in [-0.15, -0.1) is 0 Å². The second-order valence-corrected chi connectivity index (χ2v) is 6.22. The van der Waals surface area contributed by atoms with E-state index in [0.717, 1.165) is 18.0 Å². The minimum absolute atomic E-state index is 0.686. The second-order valence-electron chi connectivity index (χ2n) is 5.81. The Hall–Kier alpha value is -1.29. The molecule has 0 spiro atoms. The van der Waals surface area contributed by atoms with Crippen molar-refractivity contribution in [1.29, 1.82) is 0 Å². The van der Waals surface area contributed by atoms with E-state index in [-0.39, 0.29) is 0 Å². The van der Waals surface area contributed by atoms with E-state index in [9.17, 15) is 0 Å². The highest BCUT2D eigenvalue weighted by atomic mass is 32.1. The average Bonchev–Trinajstić information content (AvgIpc) is 2.55. The van der Waals surface area contributed by atoms with Gasteiger partial charge in [-0.2, -0.15) is 0 Å². The van der Waals surface area contributed by atoms with Gasteiger partial charge in [-0.25, -0.2) is 0 Å². The Morgan fingerprint density at radius 2 is 1.52 bits per heavy atom. The molecule has 0 aliphatic carbocycles. The van der Waals surface area contributed by atoms with Crippen molar-refractivity contribution < 1.29 is 4.74 Å². The normalized spacial score (nSPS) is 10.3. The molecule has 0 atom stereocenters. The third-order valence-electron chi connectivity index (χ3n) is 3.74. The molecule has 2 N–H and O–H groups in total. The van der Waals surface area contributed by atoms with Crippen molar-refractivity contribution in [3.63, 3.8) is 0 Å². The highest BCUT2D eigenvalue weighted by Crippen LogP contribution is 2.15. The zero-order chi connectivity index (χ0) is 16.8. The molecule has 4 heteroatoms. The van der Waals surface area contributed by atoms with Crippen LogP contribution in [0.3, 0.4) is 0 Å². The monoisotopic (exact) mass is 336 g/mol. The highest BCUT2D eigenvalue weighted by molar-refractivity contribution is 7.80. The molecule has 130 valence electrons. The summed E-state index contributed by atoms with van der Waals surface area (Å²) < 4.78 is 5.42. The van der Waals surface area contributed by atoms with Gasteiger partial charge in [0.15, 0.2) is 5.11 Å². The molecule has 0 aliphatic rings. The maximum Gasteiger partial charge on any atom is 0.170 e. The average molecular weight is 337 g/mol. The predicted octanol–water partition coefficient (Wildman–Crippen LogP) is 5.51.